The van der Waals surface area contributed by atoms with Crippen molar-refractivity contribution in [3.05, 3.63) is 42.0 Å². The summed E-state index contributed by atoms with van der Waals surface area (Å²) in [6.07, 6.45) is 11.1. The lowest BCUT2D eigenvalue weighted by atomic mass is 9.90. The van der Waals surface area contributed by atoms with Gasteiger partial charge in [-0.15, -0.1) is 11.8 Å². The summed E-state index contributed by atoms with van der Waals surface area (Å²) in [5, 5.41) is 15.4. The predicted octanol–water partition coefficient (Wildman–Crippen LogP) is 6.68. The van der Waals surface area contributed by atoms with Gasteiger partial charge in [0.15, 0.2) is 0 Å². The van der Waals surface area contributed by atoms with E-state index in [1.54, 1.807) is 17.8 Å². The van der Waals surface area contributed by atoms with Crippen LogP contribution in [0.2, 0.25) is 0 Å². The first kappa shape index (κ1) is 25.4. The van der Waals surface area contributed by atoms with E-state index in [1.807, 2.05) is 44.2 Å². The fourth-order valence-corrected chi connectivity index (χ4v) is 8.55. The summed E-state index contributed by atoms with van der Waals surface area (Å²) >= 11 is 1.76. The van der Waals surface area contributed by atoms with Crippen molar-refractivity contribution < 1.29 is 19.4 Å². The van der Waals surface area contributed by atoms with E-state index in [0.717, 1.165) is 29.5 Å². The van der Waals surface area contributed by atoms with E-state index in [-0.39, 0.29) is 5.91 Å². The Bertz CT molecular complexity index is 1110. The lowest BCUT2D eigenvalue weighted by Crippen LogP contribution is -2.53. The van der Waals surface area contributed by atoms with E-state index in [2.05, 4.69) is 5.32 Å². The molecule has 5 nitrogen and oxygen atoms in total. The van der Waals surface area contributed by atoms with Crippen molar-refractivity contribution in [2.75, 3.05) is 6.61 Å². The number of thioether (sulfide) groups is 1. The van der Waals surface area contributed by atoms with Crippen molar-refractivity contribution in [1.82, 2.24) is 5.32 Å². The Kier molecular flexibility index (Phi) is 7.52. The number of carboxylic acid groups (broad SMARTS) is 1. The molecule has 36 heavy (non-hydrogen) atoms. The molecule has 5 rings (SSSR count). The van der Waals surface area contributed by atoms with Gasteiger partial charge in [-0.25, -0.2) is 4.79 Å². The summed E-state index contributed by atoms with van der Waals surface area (Å²) in [4.78, 5) is 26.0. The molecule has 194 valence electrons. The van der Waals surface area contributed by atoms with Gasteiger partial charge in [-0.05, 0) is 75.2 Å². The predicted molar refractivity (Wildman–Crippen MR) is 146 cm³/mol. The molecule has 2 aromatic rings. The van der Waals surface area contributed by atoms with Crippen molar-refractivity contribution in [3.63, 3.8) is 0 Å². The molecule has 0 heterocycles. The molecule has 0 radical (unpaired) electrons. The van der Waals surface area contributed by atoms with Gasteiger partial charge in [0.2, 0.25) is 0 Å². The fourth-order valence-electron chi connectivity index (χ4n) is 6.66. The largest absolute Gasteiger partial charge is 0.492 e. The Hall–Kier alpha value is -2.21. The first-order chi connectivity index (χ1) is 17.3. The molecule has 3 aliphatic carbocycles. The lowest BCUT2D eigenvalue weighted by Gasteiger charge is -2.36. The minimum absolute atomic E-state index is 0.381. The van der Waals surface area contributed by atoms with Crippen molar-refractivity contribution in [1.29, 1.82) is 0 Å². The topological polar surface area (TPSA) is 75.6 Å². The molecule has 0 saturated heterocycles. The highest BCUT2D eigenvalue weighted by Crippen LogP contribution is 2.52. The number of hydrogen-bond acceptors (Lipinski definition) is 4. The third kappa shape index (κ3) is 5.39. The molecule has 4 atom stereocenters. The van der Waals surface area contributed by atoms with E-state index in [1.165, 1.54) is 44.9 Å². The molecule has 2 bridgehead atoms. The summed E-state index contributed by atoms with van der Waals surface area (Å²) < 4.78 is 5.74. The normalized spacial score (nSPS) is 25.1. The molecular weight excluding hydrogens is 470 g/mol. The van der Waals surface area contributed by atoms with Crippen LogP contribution in [0.5, 0.6) is 5.75 Å². The number of hydrogen-bond donors (Lipinski definition) is 2. The van der Waals surface area contributed by atoms with E-state index in [0.29, 0.717) is 35.0 Å². The summed E-state index contributed by atoms with van der Waals surface area (Å²) in [5.74, 6) is 1.17. The smallest absolute Gasteiger partial charge is 0.327 e. The number of carboxylic acids is 1. The van der Waals surface area contributed by atoms with Crippen molar-refractivity contribution >= 4 is 34.4 Å². The minimum Gasteiger partial charge on any atom is -0.492 e. The number of carbonyl (C=O) groups is 2. The Morgan fingerprint density at radius 1 is 1.06 bits per heavy atom. The van der Waals surface area contributed by atoms with Gasteiger partial charge in [0.05, 0.1) is 12.2 Å². The minimum atomic E-state index is -0.994. The highest BCUT2D eigenvalue weighted by atomic mass is 32.2. The Morgan fingerprint density at radius 3 is 2.53 bits per heavy atom. The van der Waals surface area contributed by atoms with Gasteiger partial charge in [0.1, 0.15) is 11.8 Å². The second-order valence-electron chi connectivity index (χ2n) is 11.7. The maximum Gasteiger partial charge on any atom is 0.327 e. The van der Waals surface area contributed by atoms with Crippen LogP contribution in [0, 0.1) is 17.8 Å². The average Bonchev–Trinajstić information content (AvgIpc) is 3.49. The quantitative estimate of drug-likeness (QED) is 0.394. The van der Waals surface area contributed by atoms with Crippen LogP contribution in [0.15, 0.2) is 36.4 Å². The van der Waals surface area contributed by atoms with Crippen LogP contribution in [0.3, 0.4) is 0 Å². The van der Waals surface area contributed by atoms with Gasteiger partial charge < -0.3 is 15.2 Å². The van der Waals surface area contributed by atoms with Crippen molar-refractivity contribution in [2.45, 2.75) is 87.7 Å². The number of fused-ring (bicyclic) bond motifs is 3. The van der Waals surface area contributed by atoms with Gasteiger partial charge in [-0.1, -0.05) is 56.0 Å². The summed E-state index contributed by atoms with van der Waals surface area (Å²) in [7, 11) is 0. The molecule has 3 saturated carbocycles. The van der Waals surface area contributed by atoms with Gasteiger partial charge in [-0.2, -0.15) is 0 Å². The standard InChI is InChI=1S/C30H39NO4S/c1-30(2,36-25-17-20-12-13-22(25)16-20)27(29(33)34)31-28(32)24-15-14-21-10-6-7-11-23(21)26(24)35-18-19-8-4-3-5-9-19/h6-7,10-11,14-15,19-20,22,25,27H,3-5,8-9,12-13,16-18H2,1-2H3,(H,31,32)(H,33,34). The van der Waals surface area contributed by atoms with E-state index < -0.39 is 16.8 Å². The molecule has 0 aromatic heterocycles. The van der Waals surface area contributed by atoms with Crippen LogP contribution in [-0.4, -0.2) is 39.6 Å². The first-order valence-electron chi connectivity index (χ1n) is 13.7. The Morgan fingerprint density at radius 2 is 1.83 bits per heavy atom. The van der Waals surface area contributed by atoms with Crippen molar-refractivity contribution in [3.8, 4) is 5.75 Å². The van der Waals surface area contributed by atoms with Crippen LogP contribution >= 0.6 is 11.8 Å². The number of aliphatic carboxylic acids is 1. The van der Waals surface area contributed by atoms with Crippen molar-refractivity contribution in [2.24, 2.45) is 17.8 Å². The molecule has 1 amide bonds. The monoisotopic (exact) mass is 509 g/mol. The maximum atomic E-state index is 13.6. The van der Waals surface area contributed by atoms with Crippen LogP contribution in [0.1, 0.15) is 82.0 Å². The third-order valence-corrected chi connectivity index (χ3v) is 10.4. The molecule has 6 heteroatoms. The Balaban J connectivity index is 1.37. The zero-order valence-electron chi connectivity index (χ0n) is 21.5. The molecule has 2 aromatic carbocycles. The number of benzene rings is 2. The van der Waals surface area contributed by atoms with Gasteiger partial charge in [0.25, 0.3) is 5.91 Å². The SMILES string of the molecule is CC(C)(SC1CC2CCC1C2)C(NC(=O)c1ccc2ccccc2c1OCC1CCCCC1)C(=O)O. The molecular formula is C30H39NO4S. The van der Waals surface area contributed by atoms with E-state index in [9.17, 15) is 14.7 Å². The molecule has 4 unspecified atom stereocenters. The third-order valence-electron chi connectivity index (χ3n) is 8.66. The van der Waals surface area contributed by atoms with Crippen LogP contribution in [0.25, 0.3) is 10.8 Å². The van der Waals surface area contributed by atoms with E-state index >= 15 is 0 Å². The highest BCUT2D eigenvalue weighted by molar-refractivity contribution is 8.01. The molecule has 3 fully saturated rings. The van der Waals surface area contributed by atoms with Crippen LogP contribution in [-0.2, 0) is 4.79 Å². The van der Waals surface area contributed by atoms with Gasteiger partial charge in [-0.3, -0.25) is 4.79 Å². The molecule has 0 aliphatic heterocycles. The zero-order valence-corrected chi connectivity index (χ0v) is 22.3. The van der Waals surface area contributed by atoms with E-state index in [4.69, 9.17) is 4.74 Å². The average molecular weight is 510 g/mol. The number of amides is 1. The molecule has 0 spiro atoms. The van der Waals surface area contributed by atoms with Crippen LogP contribution in [0.4, 0.5) is 0 Å². The zero-order chi connectivity index (χ0) is 25.3. The second-order valence-corrected chi connectivity index (χ2v) is 13.6. The lowest BCUT2D eigenvalue weighted by molar-refractivity contribution is -0.139. The Labute approximate surface area is 218 Å². The number of rotatable bonds is 9. The van der Waals surface area contributed by atoms with Gasteiger partial charge in [0, 0.05) is 15.4 Å². The summed E-state index contributed by atoms with van der Waals surface area (Å²) in [6.45, 7) is 4.51. The maximum absolute atomic E-state index is 13.6. The number of nitrogens with one attached hydrogen (secondary N) is 1. The molecule has 2 N–H and O–H groups in total. The number of ether oxygens (including phenoxy) is 1. The summed E-state index contributed by atoms with van der Waals surface area (Å²) in [6, 6.07) is 10.6. The second kappa shape index (κ2) is 10.6. The van der Waals surface area contributed by atoms with Gasteiger partial charge >= 0.3 is 5.97 Å². The number of carbonyl (C=O) groups excluding carboxylic acids is 1. The molecule has 3 aliphatic rings. The summed E-state index contributed by atoms with van der Waals surface area (Å²) in [5.41, 5.74) is 0.413. The fraction of sp³-hybridized carbons (Fsp3) is 0.600. The van der Waals surface area contributed by atoms with Crippen LogP contribution < -0.4 is 10.1 Å². The first-order valence-corrected chi connectivity index (χ1v) is 14.6. The highest BCUT2D eigenvalue weighted by Gasteiger charge is 2.46.